The molecule has 1 heterocycles. The van der Waals surface area contributed by atoms with Gasteiger partial charge in [-0.3, -0.25) is 4.68 Å². The van der Waals surface area contributed by atoms with Crippen LogP contribution in [0.4, 0.5) is 5.69 Å². The highest BCUT2D eigenvalue weighted by Crippen LogP contribution is 2.21. The van der Waals surface area contributed by atoms with Crippen LogP contribution in [-0.4, -0.2) is 9.78 Å². The van der Waals surface area contributed by atoms with Crippen LogP contribution in [-0.2, 0) is 6.61 Å². The number of anilines is 1. The molecule has 1 aromatic carbocycles. The third-order valence-electron chi connectivity index (χ3n) is 3.27. The summed E-state index contributed by atoms with van der Waals surface area (Å²) in [6.07, 6.45) is 4.19. The minimum Gasteiger partial charge on any atom is -0.485 e. The third-order valence-corrected chi connectivity index (χ3v) is 3.27. The van der Waals surface area contributed by atoms with Crippen molar-refractivity contribution in [2.45, 2.75) is 39.3 Å². The van der Waals surface area contributed by atoms with Crippen LogP contribution < -0.4 is 10.5 Å². The first-order valence-corrected chi connectivity index (χ1v) is 6.76. The zero-order valence-electron chi connectivity index (χ0n) is 11.5. The van der Waals surface area contributed by atoms with Gasteiger partial charge in [-0.05, 0) is 31.0 Å². The molecule has 1 aromatic heterocycles. The quantitative estimate of drug-likeness (QED) is 0.809. The van der Waals surface area contributed by atoms with Gasteiger partial charge in [0, 0.05) is 6.20 Å². The van der Waals surface area contributed by atoms with E-state index in [0.717, 1.165) is 18.5 Å². The summed E-state index contributed by atoms with van der Waals surface area (Å²) in [7, 11) is 0. The molecule has 0 spiro atoms. The van der Waals surface area contributed by atoms with E-state index >= 15 is 0 Å². The van der Waals surface area contributed by atoms with Crippen molar-refractivity contribution >= 4 is 5.69 Å². The van der Waals surface area contributed by atoms with E-state index < -0.39 is 0 Å². The molecule has 102 valence electrons. The van der Waals surface area contributed by atoms with Crippen molar-refractivity contribution in [3.63, 3.8) is 0 Å². The standard InChI is InChI=1S/C15H21N3O/c1-3-13(4-2)18-10-9-12(17-18)11-19-15-8-6-5-7-14(15)16/h5-10,13H,3-4,11,16H2,1-2H3. The number of para-hydroxylation sites is 2. The first-order chi connectivity index (χ1) is 9.24. The average molecular weight is 259 g/mol. The van der Waals surface area contributed by atoms with E-state index in [9.17, 15) is 0 Å². The molecule has 0 aliphatic carbocycles. The Hall–Kier alpha value is -1.97. The lowest BCUT2D eigenvalue weighted by Crippen LogP contribution is -2.08. The Morgan fingerprint density at radius 2 is 1.95 bits per heavy atom. The third kappa shape index (κ3) is 3.28. The number of nitrogens with zero attached hydrogens (tertiary/aromatic N) is 2. The number of rotatable bonds is 6. The molecule has 4 heteroatoms. The molecule has 0 fully saturated rings. The molecular formula is C15H21N3O. The predicted molar refractivity (Wildman–Crippen MR) is 77.0 cm³/mol. The van der Waals surface area contributed by atoms with Crippen molar-refractivity contribution in [2.24, 2.45) is 0 Å². The van der Waals surface area contributed by atoms with Gasteiger partial charge in [-0.1, -0.05) is 26.0 Å². The topological polar surface area (TPSA) is 53.1 Å². The highest BCUT2D eigenvalue weighted by Gasteiger charge is 2.08. The fourth-order valence-electron chi connectivity index (χ4n) is 2.08. The van der Waals surface area contributed by atoms with Crippen LogP contribution in [0.15, 0.2) is 36.5 Å². The number of aromatic nitrogens is 2. The average Bonchev–Trinajstić information content (AvgIpc) is 2.88. The maximum atomic E-state index is 5.83. The summed E-state index contributed by atoms with van der Waals surface area (Å²) in [4.78, 5) is 0. The van der Waals surface area contributed by atoms with Crippen LogP contribution in [0.2, 0.25) is 0 Å². The zero-order chi connectivity index (χ0) is 13.7. The lowest BCUT2D eigenvalue weighted by Gasteiger charge is -2.12. The second-order valence-corrected chi connectivity index (χ2v) is 4.58. The van der Waals surface area contributed by atoms with E-state index in [4.69, 9.17) is 10.5 Å². The van der Waals surface area contributed by atoms with Gasteiger partial charge >= 0.3 is 0 Å². The summed E-state index contributed by atoms with van der Waals surface area (Å²) in [5, 5.41) is 4.55. The normalized spacial score (nSPS) is 10.9. The summed E-state index contributed by atoms with van der Waals surface area (Å²) in [5.74, 6) is 0.708. The first kappa shape index (κ1) is 13.5. The monoisotopic (exact) mass is 259 g/mol. The van der Waals surface area contributed by atoms with Crippen LogP contribution in [0.5, 0.6) is 5.75 Å². The fraction of sp³-hybridized carbons (Fsp3) is 0.400. The van der Waals surface area contributed by atoms with Gasteiger partial charge in [0.15, 0.2) is 0 Å². The van der Waals surface area contributed by atoms with Crippen molar-refractivity contribution in [1.82, 2.24) is 9.78 Å². The van der Waals surface area contributed by atoms with Crippen molar-refractivity contribution < 1.29 is 4.74 Å². The number of nitrogens with two attached hydrogens (primary N) is 1. The Kier molecular flexibility index (Phi) is 4.44. The van der Waals surface area contributed by atoms with E-state index in [1.165, 1.54) is 0 Å². The van der Waals surface area contributed by atoms with E-state index in [1.807, 2.05) is 41.2 Å². The summed E-state index contributed by atoms with van der Waals surface area (Å²) < 4.78 is 7.70. The molecule has 0 aliphatic rings. The van der Waals surface area contributed by atoms with Gasteiger partial charge in [-0.15, -0.1) is 0 Å². The summed E-state index contributed by atoms with van der Waals surface area (Å²) >= 11 is 0. The number of ether oxygens (including phenoxy) is 1. The van der Waals surface area contributed by atoms with E-state index in [1.54, 1.807) is 0 Å². The maximum Gasteiger partial charge on any atom is 0.142 e. The van der Waals surface area contributed by atoms with Gasteiger partial charge in [0.05, 0.1) is 17.4 Å². The Bertz CT molecular complexity index is 518. The lowest BCUT2D eigenvalue weighted by molar-refractivity contribution is 0.299. The molecule has 0 saturated heterocycles. The number of hydrogen-bond acceptors (Lipinski definition) is 3. The van der Waals surface area contributed by atoms with Crippen LogP contribution in [0, 0.1) is 0 Å². The number of hydrogen-bond donors (Lipinski definition) is 1. The molecule has 0 saturated carbocycles. The molecule has 0 bridgehead atoms. The largest absolute Gasteiger partial charge is 0.485 e. The van der Waals surface area contributed by atoms with Crippen LogP contribution >= 0.6 is 0 Å². The molecule has 0 unspecified atom stereocenters. The smallest absolute Gasteiger partial charge is 0.142 e. The molecular weight excluding hydrogens is 238 g/mol. The molecule has 2 rings (SSSR count). The lowest BCUT2D eigenvalue weighted by atomic mass is 10.2. The van der Waals surface area contributed by atoms with Crippen LogP contribution in [0.3, 0.4) is 0 Å². The van der Waals surface area contributed by atoms with Gasteiger partial charge in [0.1, 0.15) is 12.4 Å². The predicted octanol–water partition coefficient (Wildman–Crippen LogP) is 3.41. The van der Waals surface area contributed by atoms with Gasteiger partial charge in [-0.25, -0.2) is 0 Å². The Labute approximate surface area is 114 Å². The molecule has 0 aliphatic heterocycles. The SMILES string of the molecule is CCC(CC)n1ccc(COc2ccccc2N)n1. The molecule has 19 heavy (non-hydrogen) atoms. The Morgan fingerprint density at radius 1 is 1.21 bits per heavy atom. The highest BCUT2D eigenvalue weighted by molar-refractivity contribution is 5.51. The summed E-state index contributed by atoms with van der Waals surface area (Å²) in [6, 6.07) is 9.97. The summed E-state index contributed by atoms with van der Waals surface area (Å²) in [6.45, 7) is 4.80. The molecule has 0 radical (unpaired) electrons. The van der Waals surface area contributed by atoms with Crippen LogP contribution in [0.1, 0.15) is 38.4 Å². The minimum absolute atomic E-state index is 0.446. The molecule has 0 atom stereocenters. The summed E-state index contributed by atoms with van der Waals surface area (Å²) in [5.41, 5.74) is 7.41. The number of benzene rings is 1. The van der Waals surface area contributed by atoms with Gasteiger partial charge < -0.3 is 10.5 Å². The van der Waals surface area contributed by atoms with Crippen molar-refractivity contribution in [3.8, 4) is 5.75 Å². The van der Waals surface area contributed by atoms with Gasteiger partial charge in [0.25, 0.3) is 0 Å². The van der Waals surface area contributed by atoms with Crippen molar-refractivity contribution in [3.05, 3.63) is 42.2 Å². The molecule has 2 N–H and O–H groups in total. The fourth-order valence-corrected chi connectivity index (χ4v) is 2.08. The second kappa shape index (κ2) is 6.27. The molecule has 4 nitrogen and oxygen atoms in total. The first-order valence-electron chi connectivity index (χ1n) is 6.76. The van der Waals surface area contributed by atoms with E-state index in [2.05, 4.69) is 18.9 Å². The van der Waals surface area contributed by atoms with Gasteiger partial charge in [0.2, 0.25) is 0 Å². The maximum absolute atomic E-state index is 5.83. The zero-order valence-corrected chi connectivity index (χ0v) is 11.5. The minimum atomic E-state index is 0.446. The Balaban J connectivity index is 1.99. The van der Waals surface area contributed by atoms with Crippen molar-refractivity contribution in [1.29, 1.82) is 0 Å². The Morgan fingerprint density at radius 3 is 2.63 bits per heavy atom. The van der Waals surface area contributed by atoms with E-state index in [-0.39, 0.29) is 0 Å². The highest BCUT2D eigenvalue weighted by atomic mass is 16.5. The number of nitrogen functional groups attached to an aromatic ring is 1. The molecule has 2 aromatic rings. The second-order valence-electron chi connectivity index (χ2n) is 4.58. The molecule has 0 amide bonds. The van der Waals surface area contributed by atoms with E-state index in [0.29, 0.717) is 24.1 Å². The van der Waals surface area contributed by atoms with Gasteiger partial charge in [-0.2, -0.15) is 5.10 Å². The van der Waals surface area contributed by atoms with Crippen molar-refractivity contribution in [2.75, 3.05) is 5.73 Å². The van der Waals surface area contributed by atoms with Crippen LogP contribution in [0.25, 0.3) is 0 Å².